The zero-order valence-corrected chi connectivity index (χ0v) is 13.9. The predicted molar refractivity (Wildman–Crippen MR) is 88.4 cm³/mol. The number of hydrogen-bond acceptors (Lipinski definition) is 4. The van der Waals surface area contributed by atoms with Crippen LogP contribution in [-0.2, 0) is 9.53 Å². The molecule has 1 amide bonds. The Morgan fingerprint density at radius 1 is 1.32 bits per heavy atom. The minimum Gasteiger partial charge on any atom is -0.486 e. The van der Waals surface area contributed by atoms with Gasteiger partial charge >= 0.3 is 0 Å². The average Bonchev–Trinajstić information content (AvgIpc) is 2.46. The Morgan fingerprint density at radius 2 is 1.91 bits per heavy atom. The average molecular weight is 329 g/mol. The van der Waals surface area contributed by atoms with Gasteiger partial charge in [0.25, 0.3) is 0 Å². The van der Waals surface area contributed by atoms with Crippen molar-refractivity contribution in [3.05, 3.63) is 30.3 Å². The number of para-hydroxylation sites is 1. The van der Waals surface area contributed by atoms with E-state index >= 15 is 0 Å². The van der Waals surface area contributed by atoms with Gasteiger partial charge in [-0.1, -0.05) is 18.2 Å². The van der Waals surface area contributed by atoms with Crippen LogP contribution in [0.3, 0.4) is 0 Å². The molecule has 1 aliphatic rings. The number of amides is 1. The number of hydrogen-bond donors (Lipinski definition) is 2. The number of rotatable bonds is 5. The summed E-state index contributed by atoms with van der Waals surface area (Å²) in [5, 5.41) is 2.91. The third-order valence-electron chi connectivity index (χ3n) is 3.65. The lowest BCUT2D eigenvalue weighted by Gasteiger charge is -2.34. The first kappa shape index (κ1) is 18.7. The first-order valence-corrected chi connectivity index (χ1v) is 7.30. The summed E-state index contributed by atoms with van der Waals surface area (Å²) in [5.41, 5.74) is 4.83. The first-order valence-electron chi connectivity index (χ1n) is 7.30. The lowest BCUT2D eigenvalue weighted by molar-refractivity contribution is -0.130. The van der Waals surface area contributed by atoms with Crippen molar-refractivity contribution in [1.29, 1.82) is 0 Å². The second-order valence-corrected chi connectivity index (χ2v) is 6.13. The van der Waals surface area contributed by atoms with Crippen LogP contribution in [0.1, 0.15) is 26.7 Å². The van der Waals surface area contributed by atoms with Gasteiger partial charge in [0.1, 0.15) is 11.4 Å². The van der Waals surface area contributed by atoms with Crippen LogP contribution in [-0.4, -0.2) is 36.8 Å². The highest BCUT2D eigenvalue weighted by Crippen LogP contribution is 2.20. The van der Waals surface area contributed by atoms with Crippen molar-refractivity contribution in [3.8, 4) is 5.75 Å². The molecule has 1 fully saturated rings. The van der Waals surface area contributed by atoms with Crippen LogP contribution in [0.2, 0.25) is 0 Å². The molecule has 0 aliphatic carbocycles. The molecule has 2 rings (SSSR count). The summed E-state index contributed by atoms with van der Waals surface area (Å²) >= 11 is 0. The van der Waals surface area contributed by atoms with Gasteiger partial charge in [-0.2, -0.15) is 0 Å². The lowest BCUT2D eigenvalue weighted by Crippen LogP contribution is -2.58. The van der Waals surface area contributed by atoms with E-state index in [-0.39, 0.29) is 18.3 Å². The Balaban J connectivity index is 0.00000242. The molecule has 0 unspecified atom stereocenters. The number of nitrogens with one attached hydrogen (secondary N) is 1. The highest BCUT2D eigenvalue weighted by atomic mass is 35.5. The van der Waals surface area contributed by atoms with Crippen LogP contribution in [0, 0.1) is 0 Å². The molecule has 0 saturated carbocycles. The van der Waals surface area contributed by atoms with Crippen LogP contribution in [0.5, 0.6) is 5.75 Å². The molecular weight excluding hydrogens is 304 g/mol. The summed E-state index contributed by atoms with van der Waals surface area (Å²) < 4.78 is 11.1. The van der Waals surface area contributed by atoms with E-state index in [1.54, 1.807) is 0 Å². The van der Waals surface area contributed by atoms with Crippen molar-refractivity contribution < 1.29 is 14.3 Å². The molecule has 1 aliphatic heterocycles. The molecule has 0 radical (unpaired) electrons. The van der Waals surface area contributed by atoms with E-state index in [0.29, 0.717) is 32.6 Å². The number of nitrogens with two attached hydrogens (primary N) is 1. The lowest BCUT2D eigenvalue weighted by atomic mass is 9.90. The SMILES string of the molecule is CC(C)(CNC(=O)C1(N)CCOCC1)Oc1ccccc1.Cl. The molecule has 0 bridgehead atoms. The van der Waals surface area contributed by atoms with Gasteiger partial charge in [-0.25, -0.2) is 0 Å². The van der Waals surface area contributed by atoms with E-state index in [0.717, 1.165) is 5.75 Å². The quantitative estimate of drug-likeness (QED) is 0.865. The van der Waals surface area contributed by atoms with Gasteiger partial charge in [0.2, 0.25) is 5.91 Å². The summed E-state index contributed by atoms with van der Waals surface area (Å²) in [6.07, 6.45) is 1.11. The van der Waals surface area contributed by atoms with Gasteiger partial charge in [0.15, 0.2) is 0 Å². The molecule has 0 atom stereocenters. The third kappa shape index (κ3) is 5.16. The Hall–Kier alpha value is -1.30. The summed E-state index contributed by atoms with van der Waals surface area (Å²) in [7, 11) is 0. The number of ether oxygens (including phenoxy) is 2. The molecule has 124 valence electrons. The number of benzene rings is 1. The molecule has 0 aromatic heterocycles. The molecule has 5 nitrogen and oxygen atoms in total. The Kier molecular flexibility index (Phi) is 6.66. The summed E-state index contributed by atoms with van der Waals surface area (Å²) in [5.74, 6) is 0.654. The zero-order valence-electron chi connectivity index (χ0n) is 13.1. The Morgan fingerprint density at radius 3 is 2.50 bits per heavy atom. The standard InChI is InChI=1S/C16H24N2O3.ClH/c1-15(2,21-13-6-4-3-5-7-13)12-18-14(19)16(17)8-10-20-11-9-16;/h3-7H,8-12,17H2,1-2H3,(H,18,19);1H. The van der Waals surface area contributed by atoms with Crippen LogP contribution < -0.4 is 15.8 Å². The van der Waals surface area contributed by atoms with Gasteiger partial charge < -0.3 is 20.5 Å². The van der Waals surface area contributed by atoms with Crippen molar-refractivity contribution in [2.45, 2.75) is 37.8 Å². The van der Waals surface area contributed by atoms with Crippen molar-refractivity contribution in [3.63, 3.8) is 0 Å². The van der Waals surface area contributed by atoms with Gasteiger partial charge in [-0.15, -0.1) is 12.4 Å². The highest BCUT2D eigenvalue weighted by Gasteiger charge is 2.36. The molecule has 22 heavy (non-hydrogen) atoms. The monoisotopic (exact) mass is 328 g/mol. The molecule has 1 aromatic rings. The topological polar surface area (TPSA) is 73.6 Å². The molecule has 0 spiro atoms. The summed E-state index contributed by atoms with van der Waals surface area (Å²) in [6, 6.07) is 9.56. The van der Waals surface area contributed by atoms with Crippen LogP contribution in [0.4, 0.5) is 0 Å². The summed E-state index contributed by atoms with van der Waals surface area (Å²) in [6.45, 7) is 5.35. The first-order chi connectivity index (χ1) is 9.91. The van der Waals surface area contributed by atoms with Crippen molar-refractivity contribution in [2.24, 2.45) is 5.73 Å². The highest BCUT2D eigenvalue weighted by molar-refractivity contribution is 5.86. The minimum atomic E-state index is -0.818. The smallest absolute Gasteiger partial charge is 0.240 e. The van der Waals surface area contributed by atoms with E-state index in [2.05, 4.69) is 5.32 Å². The largest absolute Gasteiger partial charge is 0.486 e. The molecule has 1 aromatic carbocycles. The van der Waals surface area contributed by atoms with E-state index in [9.17, 15) is 4.79 Å². The van der Waals surface area contributed by atoms with Crippen molar-refractivity contribution >= 4 is 18.3 Å². The third-order valence-corrected chi connectivity index (χ3v) is 3.65. The van der Waals surface area contributed by atoms with E-state index < -0.39 is 11.1 Å². The van der Waals surface area contributed by atoms with Crippen LogP contribution in [0.25, 0.3) is 0 Å². The second kappa shape index (κ2) is 7.81. The molecule has 1 saturated heterocycles. The van der Waals surface area contributed by atoms with Crippen LogP contribution in [0.15, 0.2) is 30.3 Å². The van der Waals surface area contributed by atoms with E-state index in [4.69, 9.17) is 15.2 Å². The number of halogens is 1. The fraction of sp³-hybridized carbons (Fsp3) is 0.562. The van der Waals surface area contributed by atoms with E-state index in [1.807, 2.05) is 44.2 Å². The molecule has 1 heterocycles. The van der Waals surface area contributed by atoms with Crippen molar-refractivity contribution in [2.75, 3.05) is 19.8 Å². The second-order valence-electron chi connectivity index (χ2n) is 6.13. The van der Waals surface area contributed by atoms with Crippen molar-refractivity contribution in [1.82, 2.24) is 5.32 Å². The fourth-order valence-electron chi connectivity index (χ4n) is 2.28. The zero-order chi connectivity index (χ0) is 15.3. The summed E-state index contributed by atoms with van der Waals surface area (Å²) in [4.78, 5) is 12.3. The van der Waals surface area contributed by atoms with Gasteiger partial charge in [-0.3, -0.25) is 4.79 Å². The maximum absolute atomic E-state index is 12.3. The maximum atomic E-state index is 12.3. The Labute approximate surface area is 138 Å². The number of carbonyl (C=O) groups excluding carboxylic acids is 1. The van der Waals surface area contributed by atoms with Gasteiger partial charge in [-0.05, 0) is 38.8 Å². The fourth-order valence-corrected chi connectivity index (χ4v) is 2.28. The normalized spacial score (nSPS) is 17.2. The number of carbonyl (C=O) groups is 1. The van der Waals surface area contributed by atoms with Gasteiger partial charge in [0, 0.05) is 13.2 Å². The molecular formula is C16H25ClN2O3. The van der Waals surface area contributed by atoms with E-state index in [1.165, 1.54) is 0 Å². The molecule has 6 heteroatoms. The predicted octanol–water partition coefficient (Wildman–Crippen LogP) is 1.89. The Bertz CT molecular complexity index is 474. The maximum Gasteiger partial charge on any atom is 0.240 e. The molecule has 3 N–H and O–H groups in total. The van der Waals surface area contributed by atoms with Gasteiger partial charge in [0.05, 0.1) is 12.1 Å². The minimum absolute atomic E-state index is 0. The van der Waals surface area contributed by atoms with Crippen LogP contribution >= 0.6 is 12.4 Å².